The molecule has 0 bridgehead atoms. The fourth-order valence-corrected chi connectivity index (χ4v) is 3.91. The van der Waals surface area contributed by atoms with Crippen LogP contribution < -0.4 is 20.9 Å². The minimum Gasteiger partial charge on any atom is -0.364 e. The molecule has 0 aromatic heterocycles. The van der Waals surface area contributed by atoms with E-state index >= 15 is 0 Å². The Kier molecular flexibility index (Phi) is 12.0. The highest BCUT2D eigenvalue weighted by Crippen LogP contribution is 2.36. The molecule has 2 rings (SSSR count). The molecule has 0 radical (unpaired) electrons. The highest BCUT2D eigenvalue weighted by Gasteiger charge is 2.30. The van der Waals surface area contributed by atoms with E-state index in [2.05, 4.69) is 16.0 Å². The first-order valence-electron chi connectivity index (χ1n) is 11.5. The molecular weight excluding hydrogens is 541 g/mol. The van der Waals surface area contributed by atoms with Gasteiger partial charge in [-0.25, -0.2) is 4.79 Å². The number of carbonyl (C=O) groups excluding carboxylic acids is 2. The average Bonchev–Trinajstić information content (AvgIpc) is 2.85. The second-order valence-corrected chi connectivity index (χ2v) is 9.07. The van der Waals surface area contributed by atoms with E-state index in [1.807, 2.05) is 19.0 Å². The summed E-state index contributed by atoms with van der Waals surface area (Å²) in [4.78, 5) is 50.5. The number of nitrogens with one attached hydrogen (secondary N) is 3. The van der Waals surface area contributed by atoms with Crippen LogP contribution in [-0.4, -0.2) is 78.7 Å². The number of alkyl halides is 2. The number of hydrogen-bond acceptors (Lipinski definition) is 8. The summed E-state index contributed by atoms with van der Waals surface area (Å²) >= 11 is 11.7. The normalized spacial score (nSPS) is 10.7. The molecule has 0 saturated carbocycles. The van der Waals surface area contributed by atoms with Crippen LogP contribution in [0.1, 0.15) is 16.8 Å². The van der Waals surface area contributed by atoms with Gasteiger partial charge in [-0.15, -0.1) is 23.2 Å². The van der Waals surface area contributed by atoms with Crippen molar-refractivity contribution in [2.24, 2.45) is 0 Å². The molecule has 2 aromatic carbocycles. The molecule has 206 valence electrons. The third-order valence-corrected chi connectivity index (χ3v) is 5.56. The van der Waals surface area contributed by atoms with Crippen molar-refractivity contribution >= 4 is 63.6 Å². The first-order chi connectivity index (χ1) is 18.1. The van der Waals surface area contributed by atoms with Crippen molar-refractivity contribution in [3.63, 3.8) is 0 Å². The van der Waals surface area contributed by atoms with E-state index in [-0.39, 0.29) is 41.8 Å². The number of hydrogen-bond donors (Lipinski definition) is 3. The minimum atomic E-state index is -0.866. The first kappa shape index (κ1) is 30.5. The van der Waals surface area contributed by atoms with Gasteiger partial charge in [0.25, 0.3) is 17.3 Å². The number of amides is 3. The van der Waals surface area contributed by atoms with Gasteiger partial charge in [0, 0.05) is 42.8 Å². The van der Waals surface area contributed by atoms with E-state index in [9.17, 15) is 29.8 Å². The molecule has 0 aliphatic heterocycles. The van der Waals surface area contributed by atoms with Gasteiger partial charge in [-0.2, -0.15) is 0 Å². The predicted molar refractivity (Wildman–Crippen MR) is 148 cm³/mol. The summed E-state index contributed by atoms with van der Waals surface area (Å²) in [6, 6.07) is 7.60. The molecule has 0 heterocycles. The topological polar surface area (TPSA) is 163 Å². The van der Waals surface area contributed by atoms with Crippen LogP contribution in [0.15, 0.2) is 36.4 Å². The second kappa shape index (κ2) is 14.9. The molecule has 0 spiro atoms. The van der Waals surface area contributed by atoms with Crippen LogP contribution in [0.2, 0.25) is 0 Å². The number of carbonyl (C=O) groups is 2. The maximum atomic E-state index is 13.1. The summed E-state index contributed by atoms with van der Waals surface area (Å²) in [5, 5.41) is 31.3. The predicted octanol–water partition coefficient (Wildman–Crippen LogP) is 4.11. The lowest BCUT2D eigenvalue weighted by Crippen LogP contribution is -2.31. The van der Waals surface area contributed by atoms with Crippen molar-refractivity contribution < 1.29 is 19.4 Å². The van der Waals surface area contributed by atoms with E-state index in [1.165, 1.54) is 17.0 Å². The maximum Gasteiger partial charge on any atom is 0.319 e. The lowest BCUT2D eigenvalue weighted by Gasteiger charge is -2.23. The fourth-order valence-electron chi connectivity index (χ4n) is 3.50. The zero-order valence-electron chi connectivity index (χ0n) is 20.9. The van der Waals surface area contributed by atoms with Crippen molar-refractivity contribution in [3.8, 4) is 0 Å². The molecular formula is C23H29Cl2N7O6. The number of nitro groups is 2. The summed E-state index contributed by atoms with van der Waals surface area (Å²) < 4.78 is 0. The number of nitrogens with zero attached hydrogens (tertiary/aromatic N) is 4. The lowest BCUT2D eigenvalue weighted by molar-refractivity contribution is -0.393. The Morgan fingerprint density at radius 1 is 0.895 bits per heavy atom. The second-order valence-electron chi connectivity index (χ2n) is 8.31. The minimum absolute atomic E-state index is 0.0200. The van der Waals surface area contributed by atoms with Crippen LogP contribution >= 0.6 is 23.2 Å². The molecule has 13 nitrogen and oxygen atoms in total. The Morgan fingerprint density at radius 2 is 1.50 bits per heavy atom. The quantitative estimate of drug-likeness (QED) is 0.132. The zero-order valence-corrected chi connectivity index (χ0v) is 22.4. The molecule has 38 heavy (non-hydrogen) atoms. The molecule has 2 aromatic rings. The van der Waals surface area contributed by atoms with E-state index in [0.29, 0.717) is 12.2 Å². The van der Waals surface area contributed by atoms with Crippen LogP contribution in [-0.2, 0) is 0 Å². The number of benzene rings is 2. The van der Waals surface area contributed by atoms with Gasteiger partial charge in [-0.1, -0.05) is 6.07 Å². The smallest absolute Gasteiger partial charge is 0.319 e. The number of anilines is 3. The van der Waals surface area contributed by atoms with Gasteiger partial charge in [0.15, 0.2) is 0 Å². The Balaban J connectivity index is 2.30. The molecule has 3 amide bonds. The number of nitro benzene ring substituents is 2. The fraction of sp³-hybridized carbons (Fsp3) is 0.391. The van der Waals surface area contributed by atoms with Gasteiger partial charge in [-0.05, 0) is 51.3 Å². The van der Waals surface area contributed by atoms with Crippen molar-refractivity contribution in [3.05, 3.63) is 62.2 Å². The summed E-state index contributed by atoms with van der Waals surface area (Å²) in [5.41, 5.74) is -1.07. The number of rotatable bonds is 14. The van der Waals surface area contributed by atoms with Gasteiger partial charge in [0.1, 0.15) is 11.3 Å². The van der Waals surface area contributed by atoms with Crippen molar-refractivity contribution in [1.29, 1.82) is 0 Å². The van der Waals surface area contributed by atoms with Gasteiger partial charge in [-0.3, -0.25) is 25.0 Å². The summed E-state index contributed by atoms with van der Waals surface area (Å²) in [5.74, 6) is -0.652. The molecule has 3 N–H and O–H groups in total. The Morgan fingerprint density at radius 3 is 2.05 bits per heavy atom. The standard InChI is InChI=1S/C23H29Cl2N7O6/c1-29(2)10-4-9-26-23(34)28-17-6-3-5-16(13-17)27-22(33)18-14-20(30(11-7-24)12-8-25)21(32(37)38)15-19(18)31(35)36/h3,5-6,13-15H,4,7-12H2,1-2H3,(H,27,33)(H2,26,28,34). The molecule has 0 unspecified atom stereocenters. The Bertz CT molecular complexity index is 1160. The van der Waals surface area contributed by atoms with Gasteiger partial charge in [0.2, 0.25) is 0 Å². The van der Waals surface area contributed by atoms with Crippen LogP contribution in [0.25, 0.3) is 0 Å². The lowest BCUT2D eigenvalue weighted by atomic mass is 10.1. The third kappa shape index (κ3) is 9.01. The van der Waals surface area contributed by atoms with Gasteiger partial charge < -0.3 is 25.8 Å². The highest BCUT2D eigenvalue weighted by molar-refractivity contribution is 6.18. The summed E-state index contributed by atoms with van der Waals surface area (Å²) in [6.45, 7) is 1.61. The monoisotopic (exact) mass is 569 g/mol. The van der Waals surface area contributed by atoms with Crippen molar-refractivity contribution in [2.45, 2.75) is 6.42 Å². The van der Waals surface area contributed by atoms with E-state index < -0.39 is 33.2 Å². The molecule has 15 heteroatoms. The molecule has 0 saturated heterocycles. The molecule has 0 atom stereocenters. The zero-order chi connectivity index (χ0) is 28.2. The average molecular weight is 570 g/mol. The number of urea groups is 1. The van der Waals surface area contributed by atoms with Gasteiger partial charge >= 0.3 is 6.03 Å². The van der Waals surface area contributed by atoms with E-state index in [1.54, 1.807) is 12.1 Å². The van der Waals surface area contributed by atoms with Crippen LogP contribution in [0.5, 0.6) is 0 Å². The van der Waals surface area contributed by atoms with Crippen LogP contribution in [0.4, 0.5) is 33.2 Å². The first-order valence-corrected chi connectivity index (χ1v) is 12.6. The largest absolute Gasteiger partial charge is 0.364 e. The highest BCUT2D eigenvalue weighted by atomic mass is 35.5. The Hall–Kier alpha value is -3.68. The van der Waals surface area contributed by atoms with Gasteiger partial charge in [0.05, 0.1) is 15.9 Å². The van der Waals surface area contributed by atoms with Crippen molar-refractivity contribution in [1.82, 2.24) is 10.2 Å². The van der Waals surface area contributed by atoms with E-state index in [0.717, 1.165) is 25.1 Å². The summed E-state index contributed by atoms with van der Waals surface area (Å²) in [6.07, 6.45) is 0.764. The van der Waals surface area contributed by atoms with Crippen molar-refractivity contribution in [2.75, 3.05) is 67.6 Å². The van der Waals surface area contributed by atoms with Crippen LogP contribution in [0, 0.1) is 20.2 Å². The van der Waals surface area contributed by atoms with Crippen LogP contribution in [0.3, 0.4) is 0 Å². The molecule has 0 aliphatic carbocycles. The molecule has 0 fully saturated rings. The number of halogens is 2. The SMILES string of the molecule is CN(C)CCCNC(=O)Nc1cccc(NC(=O)c2cc(N(CCCl)CCCl)c([N+](=O)[O-])cc2[N+](=O)[O-])c1. The van der Waals surface area contributed by atoms with E-state index in [4.69, 9.17) is 23.2 Å². The third-order valence-electron chi connectivity index (χ3n) is 5.23. The Labute approximate surface area is 229 Å². The summed E-state index contributed by atoms with van der Waals surface area (Å²) in [7, 11) is 3.86. The maximum absolute atomic E-state index is 13.1. The molecule has 0 aliphatic rings.